The Balaban J connectivity index is 2.55. The van der Waals surface area contributed by atoms with Crippen molar-refractivity contribution in [1.29, 1.82) is 0 Å². The molecule has 2 N–H and O–H groups in total. The Bertz CT molecular complexity index is 732. The van der Waals surface area contributed by atoms with Crippen LogP contribution in [0.5, 0.6) is 5.75 Å². The van der Waals surface area contributed by atoms with Gasteiger partial charge in [0.25, 0.3) is 0 Å². The Kier molecular flexibility index (Phi) is 4.76. The highest BCUT2D eigenvalue weighted by Gasteiger charge is 2.34. The predicted octanol–water partition coefficient (Wildman–Crippen LogP) is 2.35. The Morgan fingerprint density at radius 3 is 2.17 bits per heavy atom. The lowest BCUT2D eigenvalue weighted by atomic mass is 9.77. The van der Waals surface area contributed by atoms with E-state index in [9.17, 15) is 36.4 Å². The van der Waals surface area contributed by atoms with E-state index in [-0.39, 0.29) is 5.56 Å². The van der Waals surface area contributed by atoms with Crippen LogP contribution in [0.15, 0.2) is 36.4 Å². The largest absolute Gasteiger partial charge is 0.573 e. The molecule has 2 rings (SSSR count). The third-order valence-corrected chi connectivity index (χ3v) is 2.84. The van der Waals surface area contributed by atoms with Crippen molar-refractivity contribution in [1.82, 2.24) is 4.98 Å². The summed E-state index contributed by atoms with van der Waals surface area (Å²) in [5.74, 6) is -0.683. The molecule has 24 heavy (non-hydrogen) atoms. The fraction of sp³-hybridized carbons (Fsp3) is 0.154. The van der Waals surface area contributed by atoms with Gasteiger partial charge in [-0.25, -0.2) is 4.98 Å². The molecular weight excluding hydrogens is 343 g/mol. The molecule has 4 nitrogen and oxygen atoms in total. The van der Waals surface area contributed by atoms with Gasteiger partial charge in [0.05, 0.1) is 5.69 Å². The maximum Gasteiger partial charge on any atom is 0.573 e. The van der Waals surface area contributed by atoms with Crippen LogP contribution in [0.4, 0.5) is 26.3 Å². The van der Waals surface area contributed by atoms with Crippen LogP contribution in [0.3, 0.4) is 0 Å². The van der Waals surface area contributed by atoms with Gasteiger partial charge < -0.3 is 14.8 Å². The molecule has 1 aromatic heterocycles. The summed E-state index contributed by atoms with van der Waals surface area (Å²) in [6.45, 7) is 0. The van der Waals surface area contributed by atoms with E-state index in [2.05, 4.69) is 9.72 Å². The molecule has 0 radical (unpaired) electrons. The quantitative estimate of drug-likeness (QED) is 0.658. The minimum atomic E-state index is -4.99. The first kappa shape index (κ1) is 18.1. The number of hydrogen-bond donors (Lipinski definition) is 2. The standard InChI is InChI=1S/C13H8BF6NO3/c15-12(16,17)10-5-4-9(14(22)23)11(21-10)7-2-1-3-8(6-7)24-13(18,19)20/h1-6,22-23H. The molecule has 1 aromatic carbocycles. The van der Waals surface area contributed by atoms with Crippen molar-refractivity contribution >= 4 is 12.6 Å². The minimum absolute atomic E-state index is 0.203. The summed E-state index contributed by atoms with van der Waals surface area (Å²) in [6.07, 6.45) is -9.80. The summed E-state index contributed by atoms with van der Waals surface area (Å²) in [4.78, 5) is 3.29. The normalized spacial score (nSPS) is 12.2. The van der Waals surface area contributed by atoms with Crippen LogP contribution in [0.25, 0.3) is 11.3 Å². The molecule has 0 unspecified atom stereocenters. The van der Waals surface area contributed by atoms with Gasteiger partial charge in [-0.3, -0.25) is 0 Å². The lowest BCUT2D eigenvalue weighted by Gasteiger charge is -2.14. The van der Waals surface area contributed by atoms with Crippen LogP contribution < -0.4 is 10.2 Å². The van der Waals surface area contributed by atoms with E-state index in [0.29, 0.717) is 6.07 Å². The van der Waals surface area contributed by atoms with Crippen LogP contribution in [0.1, 0.15) is 5.69 Å². The van der Waals surface area contributed by atoms with Gasteiger partial charge in [-0.05, 0) is 18.2 Å². The first-order valence-corrected chi connectivity index (χ1v) is 6.28. The fourth-order valence-electron chi connectivity index (χ4n) is 1.91. The average Bonchev–Trinajstić information content (AvgIpc) is 2.44. The molecule has 0 aliphatic rings. The second kappa shape index (κ2) is 6.32. The molecule has 0 atom stereocenters. The molecule has 1 heterocycles. The van der Waals surface area contributed by atoms with Crippen molar-refractivity contribution < 1.29 is 41.1 Å². The highest BCUT2D eigenvalue weighted by molar-refractivity contribution is 6.60. The topological polar surface area (TPSA) is 62.6 Å². The molecule has 0 saturated carbocycles. The van der Waals surface area contributed by atoms with E-state index in [0.717, 1.165) is 30.3 Å². The molecular formula is C13H8BF6NO3. The number of aromatic nitrogens is 1. The van der Waals surface area contributed by atoms with Crippen molar-refractivity contribution in [2.24, 2.45) is 0 Å². The summed E-state index contributed by atoms with van der Waals surface area (Å²) < 4.78 is 78.7. The third-order valence-electron chi connectivity index (χ3n) is 2.84. The maximum absolute atomic E-state index is 12.8. The monoisotopic (exact) mass is 351 g/mol. The van der Waals surface area contributed by atoms with Gasteiger partial charge in [0.1, 0.15) is 11.4 Å². The average molecular weight is 351 g/mol. The first-order chi connectivity index (χ1) is 11.0. The summed E-state index contributed by atoms with van der Waals surface area (Å²) in [5.41, 5.74) is -2.45. The van der Waals surface area contributed by atoms with E-state index in [4.69, 9.17) is 0 Å². The van der Waals surface area contributed by atoms with E-state index in [1.54, 1.807) is 0 Å². The van der Waals surface area contributed by atoms with Crippen molar-refractivity contribution in [3.8, 4) is 17.0 Å². The lowest BCUT2D eigenvalue weighted by Crippen LogP contribution is -2.33. The van der Waals surface area contributed by atoms with Gasteiger partial charge in [-0.15, -0.1) is 13.2 Å². The zero-order chi connectivity index (χ0) is 18.1. The summed E-state index contributed by atoms with van der Waals surface area (Å²) in [5, 5.41) is 18.5. The summed E-state index contributed by atoms with van der Waals surface area (Å²) >= 11 is 0. The SMILES string of the molecule is OB(O)c1ccc(C(F)(F)F)nc1-c1cccc(OC(F)(F)F)c1. The van der Waals surface area contributed by atoms with Crippen molar-refractivity contribution in [3.05, 3.63) is 42.1 Å². The van der Waals surface area contributed by atoms with Crippen LogP contribution in [-0.4, -0.2) is 28.5 Å². The summed E-state index contributed by atoms with van der Waals surface area (Å²) in [7, 11) is -2.16. The van der Waals surface area contributed by atoms with Gasteiger partial charge in [-0.2, -0.15) is 13.2 Å². The highest BCUT2D eigenvalue weighted by Crippen LogP contribution is 2.30. The second-order valence-electron chi connectivity index (χ2n) is 4.58. The van der Waals surface area contributed by atoms with Crippen molar-refractivity contribution in [2.75, 3.05) is 0 Å². The smallest absolute Gasteiger partial charge is 0.423 e. The molecule has 2 aromatic rings. The van der Waals surface area contributed by atoms with Crippen LogP contribution >= 0.6 is 0 Å². The zero-order valence-corrected chi connectivity index (χ0v) is 11.6. The summed E-state index contributed by atoms with van der Waals surface area (Å²) in [6, 6.07) is 5.33. The maximum atomic E-state index is 12.8. The zero-order valence-electron chi connectivity index (χ0n) is 11.6. The molecule has 0 fully saturated rings. The Morgan fingerprint density at radius 2 is 1.62 bits per heavy atom. The lowest BCUT2D eigenvalue weighted by molar-refractivity contribution is -0.274. The minimum Gasteiger partial charge on any atom is -0.423 e. The number of pyridine rings is 1. The number of benzene rings is 1. The molecule has 0 saturated heterocycles. The number of nitrogens with zero attached hydrogens (tertiary/aromatic N) is 1. The highest BCUT2D eigenvalue weighted by atomic mass is 19.4. The van der Waals surface area contributed by atoms with Crippen LogP contribution in [-0.2, 0) is 6.18 Å². The van der Waals surface area contributed by atoms with E-state index < -0.39 is 42.3 Å². The molecule has 128 valence electrons. The number of halogens is 6. The molecule has 0 aliphatic carbocycles. The number of rotatable bonds is 3. The van der Waals surface area contributed by atoms with E-state index >= 15 is 0 Å². The van der Waals surface area contributed by atoms with Gasteiger partial charge in [0, 0.05) is 11.0 Å². The number of hydrogen-bond acceptors (Lipinski definition) is 4. The third kappa shape index (κ3) is 4.39. The Labute approximate surface area is 131 Å². The predicted molar refractivity (Wildman–Crippen MR) is 71.2 cm³/mol. The Hall–Kier alpha value is -2.27. The molecule has 0 amide bonds. The van der Waals surface area contributed by atoms with Gasteiger partial charge in [-0.1, -0.05) is 18.2 Å². The van der Waals surface area contributed by atoms with Crippen LogP contribution in [0.2, 0.25) is 0 Å². The molecule has 0 bridgehead atoms. The second-order valence-corrected chi connectivity index (χ2v) is 4.58. The number of ether oxygens (including phenoxy) is 1. The van der Waals surface area contributed by atoms with Gasteiger partial charge >= 0.3 is 19.7 Å². The van der Waals surface area contributed by atoms with Gasteiger partial charge in [0.15, 0.2) is 0 Å². The fourth-order valence-corrected chi connectivity index (χ4v) is 1.91. The van der Waals surface area contributed by atoms with E-state index in [1.807, 2.05) is 0 Å². The molecule has 0 aliphatic heterocycles. The first-order valence-electron chi connectivity index (χ1n) is 6.28. The van der Waals surface area contributed by atoms with E-state index in [1.165, 1.54) is 0 Å². The van der Waals surface area contributed by atoms with Crippen molar-refractivity contribution in [3.63, 3.8) is 0 Å². The number of alkyl halides is 6. The molecule has 0 spiro atoms. The van der Waals surface area contributed by atoms with Gasteiger partial charge in [0.2, 0.25) is 0 Å². The van der Waals surface area contributed by atoms with Crippen LogP contribution in [0, 0.1) is 0 Å². The Morgan fingerprint density at radius 1 is 0.958 bits per heavy atom. The molecule has 11 heteroatoms. The van der Waals surface area contributed by atoms with Crippen molar-refractivity contribution in [2.45, 2.75) is 12.5 Å².